The van der Waals surface area contributed by atoms with Crippen LogP contribution in [0.3, 0.4) is 0 Å². The molecule has 2 aromatic carbocycles. The fourth-order valence-electron chi connectivity index (χ4n) is 2.46. The molecular weight excluding hydrogens is 316 g/mol. The van der Waals surface area contributed by atoms with Crippen molar-refractivity contribution in [3.63, 3.8) is 0 Å². The normalized spacial score (nSPS) is 10.2. The monoisotopic (exact) mass is 340 g/mol. The summed E-state index contributed by atoms with van der Waals surface area (Å²) in [6.45, 7) is 0.444. The Kier molecular flexibility index (Phi) is 6.57. The predicted octanol–water partition coefficient (Wildman–Crippen LogP) is 2.65. The lowest BCUT2D eigenvalue weighted by Crippen LogP contribution is -2.23. The van der Waals surface area contributed by atoms with E-state index in [-0.39, 0.29) is 11.8 Å². The number of nitrogens with zero attached hydrogens (tertiary/aromatic N) is 1. The lowest BCUT2D eigenvalue weighted by atomic mass is 10.1. The van der Waals surface area contributed by atoms with Crippen LogP contribution in [0.25, 0.3) is 0 Å². The van der Waals surface area contributed by atoms with Gasteiger partial charge in [0.25, 0.3) is 5.91 Å². The highest BCUT2D eigenvalue weighted by Crippen LogP contribution is 2.16. The Morgan fingerprint density at radius 2 is 1.72 bits per heavy atom. The van der Waals surface area contributed by atoms with Gasteiger partial charge in [-0.1, -0.05) is 30.3 Å². The van der Waals surface area contributed by atoms with Gasteiger partial charge in [-0.05, 0) is 30.2 Å². The molecule has 0 saturated heterocycles. The van der Waals surface area contributed by atoms with E-state index < -0.39 is 0 Å². The molecule has 0 aliphatic heterocycles. The molecule has 0 heterocycles. The molecule has 0 spiro atoms. The predicted molar refractivity (Wildman–Crippen MR) is 97.6 cm³/mol. The lowest BCUT2D eigenvalue weighted by Gasteiger charge is -2.11. The summed E-state index contributed by atoms with van der Waals surface area (Å²) >= 11 is 0. The Morgan fingerprint density at radius 3 is 2.36 bits per heavy atom. The van der Waals surface area contributed by atoms with Gasteiger partial charge >= 0.3 is 0 Å². The second-order valence-electron chi connectivity index (χ2n) is 5.99. The van der Waals surface area contributed by atoms with Crippen LogP contribution < -0.4 is 10.1 Å². The van der Waals surface area contributed by atoms with E-state index in [0.29, 0.717) is 24.9 Å². The van der Waals surface area contributed by atoms with Gasteiger partial charge in [-0.15, -0.1) is 0 Å². The summed E-state index contributed by atoms with van der Waals surface area (Å²) in [5.41, 5.74) is 2.63. The van der Waals surface area contributed by atoms with Gasteiger partial charge in [-0.25, -0.2) is 0 Å². The Labute approximate surface area is 148 Å². The summed E-state index contributed by atoms with van der Waals surface area (Å²) in [7, 11) is 5.07. The summed E-state index contributed by atoms with van der Waals surface area (Å²) in [5, 5.41) is 2.91. The van der Waals surface area contributed by atoms with Crippen LogP contribution in [0.4, 0.5) is 0 Å². The third kappa shape index (κ3) is 5.35. The van der Waals surface area contributed by atoms with E-state index in [1.807, 2.05) is 36.4 Å². The zero-order chi connectivity index (χ0) is 18.2. The summed E-state index contributed by atoms with van der Waals surface area (Å²) in [6, 6.07) is 15.0. The van der Waals surface area contributed by atoms with Crippen LogP contribution >= 0.6 is 0 Å². The van der Waals surface area contributed by atoms with Gasteiger partial charge in [0, 0.05) is 38.2 Å². The summed E-state index contributed by atoms with van der Waals surface area (Å²) < 4.78 is 5.27. The molecule has 0 saturated carbocycles. The number of hydrogen-bond acceptors (Lipinski definition) is 3. The molecule has 0 aromatic heterocycles. The van der Waals surface area contributed by atoms with Gasteiger partial charge in [0.2, 0.25) is 5.91 Å². The third-order valence-electron chi connectivity index (χ3n) is 3.92. The van der Waals surface area contributed by atoms with E-state index in [1.54, 1.807) is 38.2 Å². The first-order valence-electron chi connectivity index (χ1n) is 8.20. The molecule has 0 unspecified atom stereocenters. The Morgan fingerprint density at radius 1 is 1.04 bits per heavy atom. The van der Waals surface area contributed by atoms with Gasteiger partial charge in [-0.2, -0.15) is 0 Å². The summed E-state index contributed by atoms with van der Waals surface area (Å²) in [5.74, 6) is 0.726. The SMILES string of the molecule is COc1ccccc1CNC(=O)CCc1ccc(C(=O)N(C)C)cc1. The first-order chi connectivity index (χ1) is 12.0. The summed E-state index contributed by atoms with van der Waals surface area (Å²) in [6.07, 6.45) is 1.03. The topological polar surface area (TPSA) is 58.6 Å². The van der Waals surface area contributed by atoms with E-state index >= 15 is 0 Å². The zero-order valence-corrected chi connectivity index (χ0v) is 14.9. The standard InChI is InChI=1S/C20H24N2O3/c1-22(2)20(24)16-11-8-15(9-12-16)10-13-19(23)21-14-17-6-4-5-7-18(17)25-3/h4-9,11-12H,10,13-14H2,1-3H3,(H,21,23). The molecule has 0 bridgehead atoms. The van der Waals surface area contributed by atoms with Crippen LogP contribution in [0.15, 0.2) is 48.5 Å². The molecule has 0 radical (unpaired) electrons. The molecule has 0 fully saturated rings. The Hall–Kier alpha value is -2.82. The van der Waals surface area contributed by atoms with Crippen LogP contribution in [0.2, 0.25) is 0 Å². The van der Waals surface area contributed by atoms with Gasteiger partial charge in [-0.3, -0.25) is 9.59 Å². The van der Waals surface area contributed by atoms with E-state index in [0.717, 1.165) is 16.9 Å². The summed E-state index contributed by atoms with van der Waals surface area (Å²) in [4.78, 5) is 25.4. The molecule has 5 nitrogen and oxygen atoms in total. The number of hydrogen-bond donors (Lipinski definition) is 1. The van der Waals surface area contributed by atoms with Crippen molar-refractivity contribution in [2.24, 2.45) is 0 Å². The number of benzene rings is 2. The minimum Gasteiger partial charge on any atom is -0.496 e. The second kappa shape index (κ2) is 8.87. The molecule has 2 amide bonds. The molecule has 0 atom stereocenters. The maximum atomic E-state index is 12.0. The average Bonchev–Trinajstić information content (AvgIpc) is 2.64. The Balaban J connectivity index is 1.83. The van der Waals surface area contributed by atoms with Gasteiger partial charge < -0.3 is 15.0 Å². The van der Waals surface area contributed by atoms with Crippen molar-refractivity contribution in [3.8, 4) is 5.75 Å². The van der Waals surface area contributed by atoms with Crippen LogP contribution in [0.5, 0.6) is 5.75 Å². The highest BCUT2D eigenvalue weighted by molar-refractivity contribution is 5.93. The van der Waals surface area contributed by atoms with Crippen LogP contribution in [0.1, 0.15) is 27.9 Å². The molecule has 1 N–H and O–H groups in total. The number of carbonyl (C=O) groups is 2. The van der Waals surface area contributed by atoms with Crippen molar-refractivity contribution < 1.29 is 14.3 Å². The maximum absolute atomic E-state index is 12.0. The third-order valence-corrected chi connectivity index (χ3v) is 3.92. The maximum Gasteiger partial charge on any atom is 0.253 e. The van der Waals surface area contributed by atoms with Crippen molar-refractivity contribution in [3.05, 3.63) is 65.2 Å². The van der Waals surface area contributed by atoms with Gasteiger partial charge in [0.15, 0.2) is 0 Å². The van der Waals surface area contributed by atoms with E-state index in [4.69, 9.17) is 4.74 Å². The van der Waals surface area contributed by atoms with Crippen LogP contribution in [-0.4, -0.2) is 37.9 Å². The number of nitrogens with one attached hydrogen (secondary N) is 1. The van der Waals surface area contributed by atoms with Crippen molar-refractivity contribution in [2.45, 2.75) is 19.4 Å². The number of para-hydroxylation sites is 1. The first kappa shape index (κ1) is 18.5. The highest BCUT2D eigenvalue weighted by atomic mass is 16.5. The molecule has 0 aliphatic rings. The van der Waals surface area contributed by atoms with Gasteiger partial charge in [0.1, 0.15) is 5.75 Å². The van der Waals surface area contributed by atoms with Crippen LogP contribution in [-0.2, 0) is 17.8 Å². The van der Waals surface area contributed by atoms with Crippen LogP contribution in [0, 0.1) is 0 Å². The largest absolute Gasteiger partial charge is 0.496 e. The minimum atomic E-state index is -0.0268. The van der Waals surface area contributed by atoms with Crippen molar-refractivity contribution >= 4 is 11.8 Å². The minimum absolute atomic E-state index is 0.0145. The number of aryl methyl sites for hydroxylation is 1. The fraction of sp³-hybridized carbons (Fsp3) is 0.300. The number of amides is 2. The van der Waals surface area contributed by atoms with Crippen molar-refractivity contribution in [1.82, 2.24) is 10.2 Å². The molecule has 5 heteroatoms. The molecular formula is C20H24N2O3. The van der Waals surface area contributed by atoms with Gasteiger partial charge in [0.05, 0.1) is 7.11 Å². The zero-order valence-electron chi connectivity index (χ0n) is 14.9. The average molecular weight is 340 g/mol. The number of methoxy groups -OCH3 is 1. The fourth-order valence-corrected chi connectivity index (χ4v) is 2.46. The first-order valence-corrected chi connectivity index (χ1v) is 8.20. The molecule has 132 valence electrons. The smallest absolute Gasteiger partial charge is 0.253 e. The van der Waals surface area contributed by atoms with E-state index in [2.05, 4.69) is 5.32 Å². The molecule has 2 rings (SSSR count). The molecule has 2 aromatic rings. The molecule has 0 aliphatic carbocycles. The van der Waals surface area contributed by atoms with Crippen molar-refractivity contribution in [2.75, 3.05) is 21.2 Å². The highest BCUT2D eigenvalue weighted by Gasteiger charge is 2.08. The number of ether oxygens (including phenoxy) is 1. The van der Waals surface area contributed by atoms with E-state index in [1.165, 1.54) is 0 Å². The molecule has 25 heavy (non-hydrogen) atoms. The Bertz CT molecular complexity index is 724. The lowest BCUT2D eigenvalue weighted by molar-refractivity contribution is -0.121. The number of carbonyl (C=O) groups excluding carboxylic acids is 2. The quantitative estimate of drug-likeness (QED) is 0.843. The van der Waals surface area contributed by atoms with Crippen molar-refractivity contribution in [1.29, 1.82) is 0 Å². The van der Waals surface area contributed by atoms with E-state index in [9.17, 15) is 9.59 Å². The second-order valence-corrected chi connectivity index (χ2v) is 5.99. The number of rotatable bonds is 7.